The Bertz CT molecular complexity index is 11000. The SMILES string of the molecule is CC1(C)c2ccccc2-c2cc(-c3cc4c5c(c3)n3c6cc7ccccc7cc6nc3n5c3nc5cc6ccccc6cc5n43)ccc21.CC1(C)c2ccccc2-c2ccc(-c3cc4c5c(c3)n3c6cc7ccccc7cc6nc3n5c3nc5cc6ccccc6cc5n43)cc21.Cc1ccc(-c2ccccc2)c(-c2cc3c4c(c2)n2c5cc6ccccc6cc5nc2n4c2nc4cc5ccccc5cc4n32)c1. The summed E-state index contributed by atoms with van der Waals surface area (Å²) in [6, 6.07) is 142. The Morgan fingerprint density at radius 1 is 0.162 bits per heavy atom. The molecule has 0 spiro atoms. The van der Waals surface area contributed by atoms with Crippen molar-refractivity contribution in [2.45, 2.75) is 45.4 Å². The summed E-state index contributed by atoms with van der Waals surface area (Å²) < 4.78 is 20.8. The van der Waals surface area contributed by atoms with Gasteiger partial charge in [-0.25, -0.2) is 43.1 Å². The molecule has 15 heteroatoms. The maximum Gasteiger partial charge on any atom is 0.223 e. The van der Waals surface area contributed by atoms with E-state index in [2.05, 4.69) is 462 Å². The van der Waals surface area contributed by atoms with E-state index < -0.39 is 0 Å². The molecule has 0 amide bonds. The van der Waals surface area contributed by atoms with Crippen LogP contribution in [0.2, 0.25) is 0 Å². The van der Waals surface area contributed by atoms with E-state index in [0.717, 1.165) is 151 Å². The average molecular weight is 1820 g/mol. The Hall–Kier alpha value is -18.6. The number of fused-ring (bicyclic) bond motifs is 42. The summed E-state index contributed by atoms with van der Waals surface area (Å²) in [5.41, 5.74) is 44.3. The summed E-state index contributed by atoms with van der Waals surface area (Å²) in [6.45, 7) is 11.6. The van der Waals surface area contributed by atoms with E-state index in [9.17, 15) is 0 Å². The number of imidazole rings is 12. The highest BCUT2D eigenvalue weighted by Crippen LogP contribution is 2.54. The number of aryl methyl sites for hydroxylation is 1. The quantitative estimate of drug-likeness (QED) is 0.173. The van der Waals surface area contributed by atoms with Gasteiger partial charge in [0.05, 0.1) is 99.3 Å². The van der Waals surface area contributed by atoms with E-state index >= 15 is 0 Å². The van der Waals surface area contributed by atoms with Gasteiger partial charge in [0, 0.05) is 10.8 Å². The molecule has 12 heterocycles. The molecule has 662 valence electrons. The molecule has 142 heavy (non-hydrogen) atoms. The van der Waals surface area contributed by atoms with Crippen LogP contribution in [0.15, 0.2) is 388 Å². The Kier molecular flexibility index (Phi) is 14.6. The van der Waals surface area contributed by atoms with Crippen LogP contribution in [0, 0.1) is 6.92 Å². The lowest BCUT2D eigenvalue weighted by molar-refractivity contribution is 0.660. The molecule has 2 aliphatic carbocycles. The molecular formula is C127H79N15. The largest absolute Gasteiger partial charge is 0.276 e. The third kappa shape index (κ3) is 10.1. The smallest absolute Gasteiger partial charge is 0.223 e. The zero-order chi connectivity index (χ0) is 93.0. The van der Waals surface area contributed by atoms with Crippen molar-refractivity contribution < 1.29 is 0 Å². The third-order valence-corrected chi connectivity index (χ3v) is 32.0. The van der Waals surface area contributed by atoms with E-state index in [0.29, 0.717) is 0 Å². The molecule has 35 rings (SSSR count). The lowest BCUT2D eigenvalue weighted by Crippen LogP contribution is -2.14. The van der Waals surface area contributed by atoms with Gasteiger partial charge in [-0.3, -0.25) is 26.4 Å². The second-order valence-corrected chi connectivity index (χ2v) is 40.5. The Morgan fingerprint density at radius 2 is 0.423 bits per heavy atom. The van der Waals surface area contributed by atoms with Gasteiger partial charge in [-0.15, -0.1) is 0 Å². The molecule has 12 aromatic heterocycles. The van der Waals surface area contributed by atoms with Gasteiger partial charge in [-0.2, -0.15) is 0 Å². The van der Waals surface area contributed by atoms with Crippen molar-refractivity contribution in [1.82, 2.24) is 69.5 Å². The standard InChI is InChI=1S/2C43H27N5.C41H25N5/c1-43(2)32-14-8-7-13-30(32)31-17-28(15-16-33(31)43)29-22-38-40-39(23-29)47-37-21-27-12-6-4-10-25(27)19-35(37)45-42(47)48(40)41-44-34-18-24-9-3-5-11-26(24)20-36(34)46(38)41;1-43(2)32-14-8-7-13-30(32)31-16-15-28(17-33(31)43)29-22-38-40-39(23-29)47-37-21-27-12-6-4-10-25(27)19-35(37)45-42(47)48(40)41-44-34-18-24-9-3-5-11-26(24)20-36(34)46(38)41;1-24-15-16-31(25-9-3-2-4-10-25)32(17-24)30-22-37-39-38(23-30)45-36-21-29-14-8-6-12-27(29)19-34(36)43-41(45)46(39)40-42-33-18-26-11-5-7-13-28(26)20-35(33)44(37)40/h2*3-23H,1-2H3;2-23H,1H3. The van der Waals surface area contributed by atoms with Crippen LogP contribution >= 0.6 is 0 Å². The van der Waals surface area contributed by atoms with Crippen LogP contribution in [0.4, 0.5) is 0 Å². The number of hydrogen-bond acceptors (Lipinski definition) is 6. The molecule has 2 aliphatic rings. The number of rotatable bonds is 4. The van der Waals surface area contributed by atoms with Crippen molar-refractivity contribution in [2.75, 3.05) is 0 Å². The summed E-state index contributed by atoms with van der Waals surface area (Å²) in [5, 5.41) is 14.4. The normalized spacial score (nSPS) is 13.6. The molecule has 0 atom stereocenters. The van der Waals surface area contributed by atoms with Crippen LogP contribution in [0.5, 0.6) is 0 Å². The van der Waals surface area contributed by atoms with Crippen LogP contribution in [-0.4, -0.2) is 69.5 Å². The molecule has 0 bridgehead atoms. The minimum atomic E-state index is -0.0736. The molecular weight excluding hydrogens is 1740 g/mol. The third-order valence-electron chi connectivity index (χ3n) is 32.0. The van der Waals surface area contributed by atoms with Gasteiger partial charge in [0.25, 0.3) is 0 Å². The minimum absolute atomic E-state index is 0.0300. The van der Waals surface area contributed by atoms with Crippen molar-refractivity contribution in [3.63, 3.8) is 0 Å². The maximum absolute atomic E-state index is 5.30. The van der Waals surface area contributed by atoms with Crippen LogP contribution in [-0.2, 0) is 10.8 Å². The van der Waals surface area contributed by atoms with E-state index in [1.54, 1.807) is 0 Å². The van der Waals surface area contributed by atoms with Gasteiger partial charge in [0.1, 0.15) is 16.6 Å². The number of hydrogen-bond donors (Lipinski definition) is 0. The Labute approximate surface area is 807 Å². The molecule has 0 saturated heterocycles. The predicted molar refractivity (Wildman–Crippen MR) is 582 cm³/mol. The van der Waals surface area contributed by atoms with Crippen molar-refractivity contribution in [2.24, 2.45) is 0 Å². The van der Waals surface area contributed by atoms with Crippen LogP contribution in [0.1, 0.15) is 55.5 Å². The fourth-order valence-electron chi connectivity index (χ4n) is 25.3. The highest BCUT2D eigenvalue weighted by molar-refractivity contribution is 6.15. The fourth-order valence-corrected chi connectivity index (χ4v) is 25.3. The van der Waals surface area contributed by atoms with E-state index in [4.69, 9.17) is 29.9 Å². The lowest BCUT2D eigenvalue weighted by Gasteiger charge is -2.22. The highest BCUT2D eigenvalue weighted by atomic mass is 15.3. The first-order valence-corrected chi connectivity index (χ1v) is 48.9. The molecule has 21 aromatic carbocycles. The van der Waals surface area contributed by atoms with Gasteiger partial charge in [0.15, 0.2) is 0 Å². The summed E-state index contributed by atoms with van der Waals surface area (Å²) in [4.78, 5) is 31.7. The Balaban J connectivity index is 0.0000000941. The summed E-state index contributed by atoms with van der Waals surface area (Å²) >= 11 is 0. The highest BCUT2D eigenvalue weighted by Gasteiger charge is 2.39. The predicted octanol–water partition coefficient (Wildman–Crippen LogP) is 30.9. The topological polar surface area (TPSA) is 117 Å². The van der Waals surface area contributed by atoms with Gasteiger partial charge in [-0.1, -0.05) is 300 Å². The first kappa shape index (κ1) is 76.6. The van der Waals surface area contributed by atoms with Gasteiger partial charge >= 0.3 is 0 Å². The van der Waals surface area contributed by atoms with E-state index in [1.807, 2.05) is 0 Å². The van der Waals surface area contributed by atoms with E-state index in [-0.39, 0.29) is 10.8 Å². The first-order chi connectivity index (χ1) is 69.7. The lowest BCUT2D eigenvalue weighted by atomic mass is 9.81. The molecule has 0 radical (unpaired) electrons. The summed E-state index contributed by atoms with van der Waals surface area (Å²) in [7, 11) is 0. The van der Waals surface area contributed by atoms with Crippen molar-refractivity contribution in [3.8, 4) is 66.8 Å². The maximum atomic E-state index is 5.30. The van der Waals surface area contributed by atoms with Crippen molar-refractivity contribution in [3.05, 3.63) is 416 Å². The molecule has 0 fully saturated rings. The number of aromatic nitrogens is 15. The van der Waals surface area contributed by atoms with Crippen LogP contribution in [0.3, 0.4) is 0 Å². The minimum Gasteiger partial charge on any atom is -0.276 e. The van der Waals surface area contributed by atoms with Gasteiger partial charge < -0.3 is 0 Å². The molecule has 0 saturated carbocycles. The first-order valence-electron chi connectivity index (χ1n) is 48.9. The summed E-state index contributed by atoms with van der Waals surface area (Å²) in [6.07, 6.45) is 0. The average Bonchev–Trinajstić information content (AvgIpc) is 1.52. The Morgan fingerprint density at radius 3 is 0.768 bits per heavy atom. The molecule has 33 aromatic rings. The molecule has 0 unspecified atom stereocenters. The molecule has 0 N–H and O–H groups in total. The molecule has 0 aliphatic heterocycles. The van der Waals surface area contributed by atoms with Crippen molar-refractivity contribution in [1.29, 1.82) is 0 Å². The van der Waals surface area contributed by atoms with Crippen LogP contribution in [0.25, 0.3) is 282 Å². The zero-order valence-corrected chi connectivity index (χ0v) is 77.7. The van der Waals surface area contributed by atoms with Gasteiger partial charge in [0.2, 0.25) is 34.7 Å². The monoisotopic (exact) mass is 1810 g/mol. The fraction of sp³-hybridized carbons (Fsp3) is 0.0551. The van der Waals surface area contributed by atoms with Crippen molar-refractivity contribution >= 4 is 215 Å². The zero-order valence-electron chi connectivity index (χ0n) is 77.7. The molecule has 15 nitrogen and oxygen atoms in total. The van der Waals surface area contributed by atoms with Crippen LogP contribution < -0.4 is 0 Å². The van der Waals surface area contributed by atoms with Gasteiger partial charge in [-0.05, 0) is 282 Å². The number of benzene rings is 21. The second kappa shape index (κ2) is 27.0. The van der Waals surface area contributed by atoms with E-state index in [1.165, 1.54) is 159 Å². The second-order valence-electron chi connectivity index (χ2n) is 40.5. The number of nitrogens with zero attached hydrogens (tertiary/aromatic N) is 15. The summed E-state index contributed by atoms with van der Waals surface area (Å²) in [5.74, 6) is 5.30.